The van der Waals surface area contributed by atoms with Crippen molar-refractivity contribution in [2.45, 2.75) is 38.7 Å². The first-order valence-corrected chi connectivity index (χ1v) is 13.0. The number of carbonyl (C=O) groups is 2. The molecule has 0 fully saturated rings. The van der Waals surface area contributed by atoms with E-state index in [0.29, 0.717) is 58.8 Å². The second-order valence-electron chi connectivity index (χ2n) is 9.66. The molecule has 2 heterocycles. The number of nitrogens with zero attached hydrogens (tertiary/aromatic N) is 2. The van der Waals surface area contributed by atoms with Crippen LogP contribution in [0.5, 0.6) is 11.5 Å². The number of allylic oxidation sites excluding steroid dienone is 3. The summed E-state index contributed by atoms with van der Waals surface area (Å²) in [4.78, 5) is 41.9. The normalized spacial score (nSPS) is 16.6. The SMILES string of the molecule is COc1ccc(C2C(C(=O)Nc3ccccn3)=C(C)NC3=C2C(=O)CCC3)cc1COc1cc(F)ccc1[N+](=O)[O-]. The summed E-state index contributed by atoms with van der Waals surface area (Å²) in [6, 6.07) is 13.3. The van der Waals surface area contributed by atoms with E-state index in [2.05, 4.69) is 15.6 Å². The van der Waals surface area contributed by atoms with Gasteiger partial charge in [0.25, 0.3) is 5.91 Å². The van der Waals surface area contributed by atoms with E-state index in [1.165, 1.54) is 7.11 Å². The third kappa shape index (κ3) is 5.65. The molecule has 0 saturated carbocycles. The highest BCUT2D eigenvalue weighted by Gasteiger charge is 2.38. The molecule has 1 aliphatic carbocycles. The van der Waals surface area contributed by atoms with Gasteiger partial charge in [0, 0.05) is 58.8 Å². The average molecular weight is 559 g/mol. The number of rotatable bonds is 8. The molecule has 2 aromatic carbocycles. The summed E-state index contributed by atoms with van der Waals surface area (Å²) in [5.41, 5.74) is 3.02. The number of ether oxygens (including phenoxy) is 2. The highest BCUT2D eigenvalue weighted by molar-refractivity contribution is 6.09. The van der Waals surface area contributed by atoms with E-state index < -0.39 is 22.6 Å². The number of aromatic nitrogens is 1. The number of dihydropyridines is 1. The van der Waals surface area contributed by atoms with E-state index >= 15 is 0 Å². The molecule has 1 aliphatic heterocycles. The maximum Gasteiger partial charge on any atom is 0.311 e. The molecule has 2 aliphatic rings. The molecule has 1 amide bonds. The van der Waals surface area contributed by atoms with Crippen LogP contribution in [0.2, 0.25) is 0 Å². The fourth-order valence-electron chi connectivity index (χ4n) is 5.24. The zero-order chi connectivity index (χ0) is 29.1. The number of nitro benzene ring substituents is 1. The summed E-state index contributed by atoms with van der Waals surface area (Å²) in [6.07, 6.45) is 3.30. The Balaban J connectivity index is 1.55. The van der Waals surface area contributed by atoms with E-state index in [4.69, 9.17) is 9.47 Å². The molecule has 1 atom stereocenters. The van der Waals surface area contributed by atoms with Crippen LogP contribution < -0.4 is 20.1 Å². The Morgan fingerprint density at radius 1 is 1.17 bits per heavy atom. The zero-order valence-corrected chi connectivity index (χ0v) is 22.4. The molecule has 41 heavy (non-hydrogen) atoms. The number of nitrogens with one attached hydrogen (secondary N) is 2. The van der Waals surface area contributed by atoms with E-state index in [9.17, 15) is 24.1 Å². The fraction of sp³-hybridized carbons (Fsp3) is 0.233. The van der Waals surface area contributed by atoms with Crippen molar-refractivity contribution < 1.29 is 28.4 Å². The third-order valence-electron chi connectivity index (χ3n) is 7.07. The first-order valence-electron chi connectivity index (χ1n) is 13.0. The Kier molecular flexibility index (Phi) is 7.77. The van der Waals surface area contributed by atoms with Crippen molar-refractivity contribution in [3.63, 3.8) is 0 Å². The Hall–Kier alpha value is -5.06. The van der Waals surface area contributed by atoms with Crippen molar-refractivity contribution in [2.75, 3.05) is 12.4 Å². The molecule has 210 valence electrons. The predicted octanol–water partition coefficient (Wildman–Crippen LogP) is 5.32. The Labute approximate surface area is 235 Å². The van der Waals surface area contributed by atoms with Gasteiger partial charge in [0.15, 0.2) is 11.5 Å². The number of hydrogen-bond acceptors (Lipinski definition) is 8. The first-order chi connectivity index (χ1) is 19.8. The maximum atomic E-state index is 13.9. The van der Waals surface area contributed by atoms with E-state index in [1.54, 1.807) is 49.5 Å². The number of Topliss-reactive ketones (excluding diaryl/α,β-unsaturated/α-hetero) is 1. The van der Waals surface area contributed by atoms with Gasteiger partial charge in [-0.2, -0.15) is 0 Å². The second kappa shape index (κ2) is 11.6. The Morgan fingerprint density at radius 3 is 2.73 bits per heavy atom. The molecule has 10 nitrogen and oxygen atoms in total. The number of methoxy groups -OCH3 is 1. The highest BCUT2D eigenvalue weighted by atomic mass is 19.1. The molecular weight excluding hydrogens is 531 g/mol. The summed E-state index contributed by atoms with van der Waals surface area (Å²) < 4.78 is 25.1. The monoisotopic (exact) mass is 558 g/mol. The predicted molar refractivity (Wildman–Crippen MR) is 148 cm³/mol. The molecule has 0 saturated heterocycles. The topological polar surface area (TPSA) is 133 Å². The molecule has 0 radical (unpaired) electrons. The van der Waals surface area contributed by atoms with Gasteiger partial charge in [-0.15, -0.1) is 0 Å². The number of hydrogen-bond donors (Lipinski definition) is 2. The summed E-state index contributed by atoms with van der Waals surface area (Å²) in [5.74, 6) is -1.28. The van der Waals surface area contributed by atoms with Gasteiger partial charge in [0.05, 0.1) is 12.0 Å². The first kappa shape index (κ1) is 27.5. The van der Waals surface area contributed by atoms with Gasteiger partial charge in [-0.05, 0) is 55.7 Å². The minimum Gasteiger partial charge on any atom is -0.496 e. The lowest BCUT2D eigenvalue weighted by molar-refractivity contribution is -0.386. The van der Waals surface area contributed by atoms with Crippen molar-refractivity contribution in [1.29, 1.82) is 0 Å². The number of nitro groups is 1. The van der Waals surface area contributed by atoms with E-state index in [0.717, 1.165) is 23.9 Å². The molecule has 3 aromatic rings. The van der Waals surface area contributed by atoms with Crippen LogP contribution in [-0.4, -0.2) is 28.7 Å². The van der Waals surface area contributed by atoms with Crippen molar-refractivity contribution >= 4 is 23.2 Å². The molecule has 11 heteroatoms. The number of pyridine rings is 1. The fourth-order valence-corrected chi connectivity index (χ4v) is 5.24. The Bertz CT molecular complexity index is 1600. The lowest BCUT2D eigenvalue weighted by atomic mass is 9.74. The van der Waals surface area contributed by atoms with Gasteiger partial charge in [0.2, 0.25) is 0 Å². The summed E-state index contributed by atoms with van der Waals surface area (Å²) >= 11 is 0. The smallest absolute Gasteiger partial charge is 0.311 e. The lowest BCUT2D eigenvalue weighted by Gasteiger charge is -2.34. The molecule has 1 unspecified atom stereocenters. The van der Waals surface area contributed by atoms with Crippen LogP contribution in [0, 0.1) is 15.9 Å². The number of anilines is 1. The highest BCUT2D eigenvalue weighted by Crippen LogP contribution is 2.43. The standard InChI is InChI=1S/C30H27FN4O6/c1-17-27(30(37)34-26-8-3-4-13-32-26)28(29-21(33-17)6-5-7-23(29)36)18-9-12-24(40-2)19(14-18)16-41-25-15-20(31)10-11-22(25)35(38)39/h3-4,8-15,28,33H,5-7,16H2,1-2H3,(H,32,34,37). The van der Waals surface area contributed by atoms with Crippen LogP contribution in [0.1, 0.15) is 43.2 Å². The summed E-state index contributed by atoms with van der Waals surface area (Å²) in [5, 5.41) is 17.5. The quantitative estimate of drug-likeness (QED) is 0.280. The molecule has 1 aromatic heterocycles. The van der Waals surface area contributed by atoms with Crippen molar-refractivity contribution in [2.24, 2.45) is 0 Å². The van der Waals surface area contributed by atoms with Crippen LogP contribution in [-0.2, 0) is 16.2 Å². The second-order valence-corrected chi connectivity index (χ2v) is 9.66. The molecule has 2 N–H and O–H groups in total. The minimum absolute atomic E-state index is 0.0524. The van der Waals surface area contributed by atoms with Crippen molar-refractivity contribution in [1.82, 2.24) is 10.3 Å². The average Bonchev–Trinajstić information content (AvgIpc) is 2.95. The minimum atomic E-state index is -0.698. The Morgan fingerprint density at radius 2 is 2.00 bits per heavy atom. The largest absolute Gasteiger partial charge is 0.496 e. The molecular formula is C30H27FN4O6. The van der Waals surface area contributed by atoms with Gasteiger partial charge in [-0.3, -0.25) is 19.7 Å². The van der Waals surface area contributed by atoms with Crippen LogP contribution in [0.3, 0.4) is 0 Å². The van der Waals surface area contributed by atoms with Crippen molar-refractivity contribution in [3.05, 3.63) is 110 Å². The number of amides is 1. The van der Waals surface area contributed by atoms with Gasteiger partial charge in [-0.1, -0.05) is 12.1 Å². The molecule has 5 rings (SSSR count). The zero-order valence-electron chi connectivity index (χ0n) is 22.4. The number of carbonyl (C=O) groups excluding carboxylic acids is 2. The summed E-state index contributed by atoms with van der Waals surface area (Å²) in [6.45, 7) is 1.60. The lowest BCUT2D eigenvalue weighted by Crippen LogP contribution is -2.35. The van der Waals surface area contributed by atoms with E-state index in [-0.39, 0.29) is 23.8 Å². The van der Waals surface area contributed by atoms with Crippen LogP contribution >= 0.6 is 0 Å². The van der Waals surface area contributed by atoms with Crippen LogP contribution in [0.4, 0.5) is 15.9 Å². The molecule has 0 spiro atoms. The van der Waals surface area contributed by atoms with Crippen LogP contribution in [0.15, 0.2) is 83.3 Å². The molecule has 0 bridgehead atoms. The van der Waals surface area contributed by atoms with Gasteiger partial charge in [-0.25, -0.2) is 9.37 Å². The third-order valence-corrected chi connectivity index (χ3v) is 7.07. The maximum absolute atomic E-state index is 13.9. The number of benzene rings is 2. The van der Waals surface area contributed by atoms with Gasteiger partial charge < -0.3 is 20.1 Å². The van der Waals surface area contributed by atoms with Gasteiger partial charge >= 0.3 is 5.69 Å². The number of ketones is 1. The van der Waals surface area contributed by atoms with Crippen LogP contribution in [0.25, 0.3) is 0 Å². The number of halogens is 1. The summed E-state index contributed by atoms with van der Waals surface area (Å²) in [7, 11) is 1.47. The van der Waals surface area contributed by atoms with Gasteiger partial charge in [0.1, 0.15) is 24.0 Å². The van der Waals surface area contributed by atoms with Crippen molar-refractivity contribution in [3.8, 4) is 11.5 Å². The van der Waals surface area contributed by atoms with E-state index in [1.807, 2.05) is 0 Å².